The highest BCUT2D eigenvalue weighted by Gasteiger charge is 2.59. The molecule has 0 aromatic heterocycles. The fourth-order valence-electron chi connectivity index (χ4n) is 3.50. The highest BCUT2D eigenvalue weighted by molar-refractivity contribution is 7.67. The number of thiol groups is 1. The first-order valence-corrected chi connectivity index (χ1v) is 8.30. The topological polar surface area (TPSA) is 98.8 Å². The van der Waals surface area contributed by atoms with Gasteiger partial charge in [0, 0.05) is 5.57 Å². The Morgan fingerprint density at radius 1 is 1.36 bits per heavy atom. The number of amides is 1. The molecule has 0 heterocycles. The Labute approximate surface area is 131 Å². The van der Waals surface area contributed by atoms with Gasteiger partial charge in [-0.2, -0.15) is 0 Å². The van der Waals surface area contributed by atoms with E-state index in [1.165, 1.54) is 6.92 Å². The van der Waals surface area contributed by atoms with Crippen molar-refractivity contribution < 1.29 is 26.9 Å². The lowest BCUT2D eigenvalue weighted by atomic mass is 9.83. The van der Waals surface area contributed by atoms with E-state index in [0.29, 0.717) is 5.57 Å². The second-order valence-electron chi connectivity index (χ2n) is 6.14. The highest BCUT2D eigenvalue weighted by atomic mass is 32.2. The van der Waals surface area contributed by atoms with Crippen molar-refractivity contribution >= 4 is 22.9 Å². The van der Waals surface area contributed by atoms with Gasteiger partial charge < -0.3 is 10.1 Å². The molecular weight excluding hydrogens is 310 g/mol. The zero-order chi connectivity index (χ0) is 16.5. The van der Waals surface area contributed by atoms with Crippen LogP contribution >= 0.6 is 0 Å². The summed E-state index contributed by atoms with van der Waals surface area (Å²) in [4.78, 5) is 23.3. The largest absolute Gasteiger partial charge is 0.458 e. The smallest absolute Gasteiger partial charge is 0.325 e. The first-order chi connectivity index (χ1) is 10.2. The first kappa shape index (κ1) is 17.0. The van der Waals surface area contributed by atoms with E-state index in [4.69, 9.17) is 8.92 Å². The normalized spacial score (nSPS) is 33.0. The van der Waals surface area contributed by atoms with Gasteiger partial charge in [0.25, 0.3) is 11.0 Å². The molecular formula is C14H21NO6S. The van der Waals surface area contributed by atoms with Crippen LogP contribution in [0.15, 0.2) is 12.2 Å². The first-order valence-electron chi connectivity index (χ1n) is 7.20. The Morgan fingerprint density at radius 3 is 2.64 bits per heavy atom. The second-order valence-corrected chi connectivity index (χ2v) is 6.77. The molecule has 2 saturated carbocycles. The van der Waals surface area contributed by atoms with Crippen LogP contribution in [-0.4, -0.2) is 38.5 Å². The van der Waals surface area contributed by atoms with E-state index in [0.717, 1.165) is 19.3 Å². The number of hydrogen-bond donors (Lipinski definition) is 2. The van der Waals surface area contributed by atoms with Crippen molar-refractivity contribution in [2.75, 3.05) is 6.54 Å². The molecule has 0 radical (unpaired) electrons. The van der Waals surface area contributed by atoms with E-state index >= 15 is 0 Å². The van der Waals surface area contributed by atoms with E-state index < -0.39 is 34.6 Å². The molecule has 0 aromatic carbocycles. The Morgan fingerprint density at radius 2 is 2.05 bits per heavy atom. The highest BCUT2D eigenvalue weighted by Crippen LogP contribution is 2.53. The zero-order valence-corrected chi connectivity index (χ0v) is 13.6. The molecule has 0 aromatic rings. The van der Waals surface area contributed by atoms with Gasteiger partial charge in [0.2, 0.25) is 5.91 Å². The molecule has 2 bridgehead atoms. The third kappa shape index (κ3) is 3.33. The van der Waals surface area contributed by atoms with Crippen molar-refractivity contribution in [3.05, 3.63) is 12.2 Å². The van der Waals surface area contributed by atoms with E-state index in [-0.39, 0.29) is 18.4 Å². The van der Waals surface area contributed by atoms with Crippen LogP contribution in [0.25, 0.3) is 0 Å². The number of nitrogens with one attached hydrogen (secondary N) is 1. The van der Waals surface area contributed by atoms with Crippen LogP contribution < -0.4 is 5.32 Å². The molecule has 7 nitrogen and oxygen atoms in total. The molecule has 1 amide bonds. The molecule has 1 N–H and O–H groups in total. The summed E-state index contributed by atoms with van der Waals surface area (Å²) in [7, 11) is -3.02. The second kappa shape index (κ2) is 6.37. The fourth-order valence-corrected chi connectivity index (χ4v) is 4.07. The number of rotatable bonds is 6. The van der Waals surface area contributed by atoms with Crippen LogP contribution in [0.5, 0.6) is 0 Å². The van der Waals surface area contributed by atoms with Crippen molar-refractivity contribution in [1.82, 2.24) is 5.32 Å². The summed E-state index contributed by atoms with van der Waals surface area (Å²) in [6.07, 6.45) is 1.93. The van der Waals surface area contributed by atoms with Gasteiger partial charge in [-0.3, -0.25) is 13.8 Å². The van der Waals surface area contributed by atoms with Crippen molar-refractivity contribution in [3.8, 4) is 0 Å². The lowest BCUT2D eigenvalue weighted by Crippen LogP contribution is -2.49. The third-order valence-corrected chi connectivity index (χ3v) is 5.13. The summed E-state index contributed by atoms with van der Waals surface area (Å²) in [6.45, 7) is 6.40. The van der Waals surface area contributed by atoms with Crippen molar-refractivity contribution in [1.29, 1.82) is 0 Å². The number of carbonyl (C=O) groups excluding carboxylic acids is 2. The SMILES string of the molecule is C=C(C)C(=O)NCC(=O)OC1C2CCC(C2)C1(C)O[SH](=O)=O. The van der Waals surface area contributed by atoms with E-state index in [9.17, 15) is 18.0 Å². The lowest BCUT2D eigenvalue weighted by molar-refractivity contribution is -0.165. The van der Waals surface area contributed by atoms with Crippen LogP contribution in [0.3, 0.4) is 0 Å². The van der Waals surface area contributed by atoms with Gasteiger partial charge in [-0.1, -0.05) is 6.58 Å². The average Bonchev–Trinajstić information content (AvgIpc) is 2.97. The van der Waals surface area contributed by atoms with Gasteiger partial charge in [-0.25, -0.2) is 8.42 Å². The molecule has 2 fully saturated rings. The monoisotopic (exact) mass is 331 g/mol. The number of ether oxygens (including phenoxy) is 1. The van der Waals surface area contributed by atoms with Gasteiger partial charge >= 0.3 is 5.97 Å². The number of fused-ring (bicyclic) bond motifs is 2. The predicted octanol–water partition coefficient (Wildman–Crippen LogP) is 0.322. The van der Waals surface area contributed by atoms with Crippen molar-refractivity contribution in [2.24, 2.45) is 11.8 Å². The van der Waals surface area contributed by atoms with Crippen molar-refractivity contribution in [3.63, 3.8) is 0 Å². The fraction of sp³-hybridized carbons (Fsp3) is 0.714. The Bertz CT molecular complexity index is 564. The molecule has 2 aliphatic rings. The van der Waals surface area contributed by atoms with Crippen LogP contribution in [-0.2, 0) is 29.5 Å². The summed E-state index contributed by atoms with van der Waals surface area (Å²) in [5.41, 5.74) is -0.712. The number of carbonyl (C=O) groups is 2. The molecule has 0 spiro atoms. The Balaban J connectivity index is 1.99. The van der Waals surface area contributed by atoms with Crippen LogP contribution in [0, 0.1) is 11.8 Å². The number of hydrogen-bond acceptors (Lipinski definition) is 6. The maximum atomic E-state index is 11.9. The Kier molecular flexibility index (Phi) is 4.91. The minimum absolute atomic E-state index is 0.0632. The summed E-state index contributed by atoms with van der Waals surface area (Å²) in [6, 6.07) is 0. The zero-order valence-electron chi connectivity index (χ0n) is 12.7. The summed E-state index contributed by atoms with van der Waals surface area (Å²) < 4.78 is 32.4. The lowest BCUT2D eigenvalue weighted by Gasteiger charge is -2.37. The van der Waals surface area contributed by atoms with E-state index in [1.807, 2.05) is 0 Å². The average molecular weight is 331 g/mol. The summed E-state index contributed by atoms with van der Waals surface area (Å²) in [5, 5.41) is 2.39. The maximum Gasteiger partial charge on any atom is 0.325 e. The summed E-state index contributed by atoms with van der Waals surface area (Å²) >= 11 is 0. The Hall–Kier alpha value is -1.41. The molecule has 4 unspecified atom stereocenters. The molecule has 2 rings (SSSR count). The molecule has 0 saturated heterocycles. The molecule has 22 heavy (non-hydrogen) atoms. The van der Waals surface area contributed by atoms with Crippen LogP contribution in [0.4, 0.5) is 0 Å². The van der Waals surface area contributed by atoms with Crippen LogP contribution in [0.2, 0.25) is 0 Å². The van der Waals surface area contributed by atoms with Crippen molar-refractivity contribution in [2.45, 2.75) is 44.8 Å². The van der Waals surface area contributed by atoms with Gasteiger partial charge in [0.1, 0.15) is 18.2 Å². The molecule has 8 heteroatoms. The van der Waals surface area contributed by atoms with Gasteiger partial charge in [-0.15, -0.1) is 0 Å². The maximum absolute atomic E-state index is 11.9. The minimum atomic E-state index is -3.02. The molecule has 4 atom stereocenters. The van der Waals surface area contributed by atoms with Crippen LogP contribution in [0.1, 0.15) is 33.1 Å². The quantitative estimate of drug-likeness (QED) is 0.413. The number of esters is 1. The van der Waals surface area contributed by atoms with E-state index in [2.05, 4.69) is 11.9 Å². The van der Waals surface area contributed by atoms with Gasteiger partial charge in [0.05, 0.1) is 0 Å². The summed E-state index contributed by atoms with van der Waals surface area (Å²) in [5.74, 6) is -0.867. The third-order valence-electron chi connectivity index (χ3n) is 4.59. The molecule has 0 aliphatic heterocycles. The predicted molar refractivity (Wildman–Crippen MR) is 78.3 cm³/mol. The molecule has 2 aliphatic carbocycles. The van der Waals surface area contributed by atoms with Gasteiger partial charge in [-0.05, 0) is 44.9 Å². The molecule has 124 valence electrons. The minimum Gasteiger partial charge on any atom is -0.458 e. The van der Waals surface area contributed by atoms with Gasteiger partial charge in [0.15, 0.2) is 0 Å². The van der Waals surface area contributed by atoms with E-state index in [1.54, 1.807) is 6.92 Å². The standard InChI is InChI=1S/C14H21NO6S/c1-8(2)13(17)15-7-11(16)20-12-9-4-5-10(6-9)14(12,3)21-22(18)19/h9-10,12,22H,1,4-7H2,2-3H3,(H,15,17).